The molecule has 0 bridgehead atoms. The van der Waals surface area contributed by atoms with Gasteiger partial charge in [0.1, 0.15) is 0 Å². The lowest BCUT2D eigenvalue weighted by Gasteiger charge is -2.20. The summed E-state index contributed by atoms with van der Waals surface area (Å²) in [5.41, 5.74) is 2.09. The average Bonchev–Trinajstić information content (AvgIpc) is 3.33. The third-order valence-electron chi connectivity index (χ3n) is 5.29. The van der Waals surface area contributed by atoms with E-state index >= 15 is 0 Å². The van der Waals surface area contributed by atoms with Gasteiger partial charge in [-0.1, -0.05) is 18.2 Å². The zero-order valence-corrected chi connectivity index (χ0v) is 17.6. The molecule has 1 aliphatic heterocycles. The minimum atomic E-state index is -3.41. The molecule has 0 aliphatic carbocycles. The topological polar surface area (TPSA) is 77.3 Å². The molecule has 2 aromatic heterocycles. The van der Waals surface area contributed by atoms with Gasteiger partial charge in [0.2, 0.25) is 15.0 Å². The van der Waals surface area contributed by atoms with Crippen LogP contribution in [-0.4, -0.2) is 53.9 Å². The Balaban J connectivity index is 1.57. The number of ether oxygens (including phenoxy) is 1. The van der Waals surface area contributed by atoms with E-state index in [1.807, 2.05) is 29.9 Å². The largest absolute Gasteiger partial charge is 0.376 e. The van der Waals surface area contributed by atoms with Crippen LogP contribution in [0.5, 0.6) is 0 Å². The molecule has 0 saturated carbocycles. The van der Waals surface area contributed by atoms with Gasteiger partial charge in [-0.25, -0.2) is 13.4 Å². The zero-order valence-electron chi connectivity index (χ0n) is 16.8. The number of fused-ring (bicyclic) bond motifs is 1. The van der Waals surface area contributed by atoms with Crippen LogP contribution >= 0.6 is 0 Å². The molecule has 1 aliphatic rings. The molecule has 3 heterocycles. The van der Waals surface area contributed by atoms with Crippen LogP contribution < -0.4 is 0 Å². The van der Waals surface area contributed by atoms with Gasteiger partial charge in [-0.15, -0.1) is 0 Å². The average molecular weight is 415 g/mol. The molecule has 0 unspecified atom stereocenters. The summed E-state index contributed by atoms with van der Waals surface area (Å²) < 4.78 is 32.0. The number of aromatic nitrogens is 3. The summed E-state index contributed by atoms with van der Waals surface area (Å²) in [5, 5.41) is 2.41. The molecule has 1 saturated heterocycles. The van der Waals surface area contributed by atoms with Crippen LogP contribution in [0.4, 0.5) is 0 Å². The molecule has 0 spiro atoms. The van der Waals surface area contributed by atoms with E-state index in [9.17, 15) is 8.42 Å². The second-order valence-corrected chi connectivity index (χ2v) is 9.65. The number of sulfone groups is 1. The van der Waals surface area contributed by atoms with Crippen molar-refractivity contribution in [3.8, 4) is 0 Å². The van der Waals surface area contributed by atoms with Crippen molar-refractivity contribution in [2.24, 2.45) is 0 Å². The first kappa shape index (κ1) is 20.0. The van der Waals surface area contributed by atoms with Crippen LogP contribution in [0.1, 0.15) is 24.1 Å². The Hall–Kier alpha value is -2.29. The van der Waals surface area contributed by atoms with Crippen LogP contribution in [0.25, 0.3) is 10.8 Å². The Morgan fingerprint density at radius 2 is 2.10 bits per heavy atom. The van der Waals surface area contributed by atoms with Crippen molar-refractivity contribution in [1.29, 1.82) is 0 Å². The number of rotatable bonds is 7. The van der Waals surface area contributed by atoms with Crippen molar-refractivity contribution in [3.05, 3.63) is 54.1 Å². The molecule has 1 aromatic carbocycles. The monoisotopic (exact) mass is 414 g/mol. The first-order valence-electron chi connectivity index (χ1n) is 9.78. The number of nitrogens with zero attached hydrogens (tertiary/aromatic N) is 4. The lowest BCUT2D eigenvalue weighted by Crippen LogP contribution is -2.24. The molecule has 1 atom stereocenters. The number of pyridine rings is 1. The predicted octanol–water partition coefficient (Wildman–Crippen LogP) is 2.65. The minimum Gasteiger partial charge on any atom is -0.376 e. The van der Waals surface area contributed by atoms with Gasteiger partial charge in [0, 0.05) is 43.7 Å². The first-order chi connectivity index (χ1) is 13.9. The molecule has 154 valence electrons. The molecule has 0 radical (unpaired) electrons. The van der Waals surface area contributed by atoms with E-state index in [-0.39, 0.29) is 11.3 Å². The van der Waals surface area contributed by atoms with Gasteiger partial charge in [-0.3, -0.25) is 9.88 Å². The van der Waals surface area contributed by atoms with E-state index in [4.69, 9.17) is 4.74 Å². The first-order valence-corrected chi connectivity index (χ1v) is 11.7. The zero-order chi connectivity index (χ0) is 20.4. The van der Waals surface area contributed by atoms with Crippen LogP contribution in [0.15, 0.2) is 48.0 Å². The van der Waals surface area contributed by atoms with Crippen LogP contribution in [0, 0.1) is 0 Å². The van der Waals surface area contributed by atoms with Gasteiger partial charge in [0.05, 0.1) is 24.5 Å². The fourth-order valence-electron chi connectivity index (χ4n) is 3.95. The molecular formula is C21H26N4O3S. The number of hydrogen-bond donors (Lipinski definition) is 0. The third-order valence-corrected chi connectivity index (χ3v) is 6.28. The molecule has 8 heteroatoms. The molecular weight excluding hydrogens is 388 g/mol. The maximum Gasteiger partial charge on any atom is 0.227 e. The van der Waals surface area contributed by atoms with Gasteiger partial charge in [-0.05, 0) is 36.9 Å². The molecule has 0 amide bonds. The summed E-state index contributed by atoms with van der Waals surface area (Å²) in [6, 6.07) is 8.24. The molecule has 3 aromatic rings. The molecule has 4 rings (SSSR count). The minimum absolute atomic E-state index is 0.0410. The second kappa shape index (κ2) is 8.22. The van der Waals surface area contributed by atoms with E-state index < -0.39 is 9.84 Å². The second-order valence-electron chi connectivity index (χ2n) is 7.74. The smallest absolute Gasteiger partial charge is 0.227 e. The number of imidazole rings is 1. The van der Waals surface area contributed by atoms with Crippen molar-refractivity contribution < 1.29 is 13.2 Å². The maximum atomic E-state index is 12.2. The van der Waals surface area contributed by atoms with Crippen molar-refractivity contribution in [2.75, 3.05) is 19.9 Å². The summed E-state index contributed by atoms with van der Waals surface area (Å²) >= 11 is 0. The van der Waals surface area contributed by atoms with Crippen LogP contribution in [0.2, 0.25) is 0 Å². The Morgan fingerprint density at radius 1 is 1.24 bits per heavy atom. The Morgan fingerprint density at radius 3 is 2.86 bits per heavy atom. The summed E-state index contributed by atoms with van der Waals surface area (Å²) in [4.78, 5) is 10.6. The van der Waals surface area contributed by atoms with Crippen molar-refractivity contribution >= 4 is 20.6 Å². The summed E-state index contributed by atoms with van der Waals surface area (Å²) in [7, 11) is -1.38. The third kappa shape index (κ3) is 4.49. The van der Waals surface area contributed by atoms with Crippen molar-refractivity contribution in [3.63, 3.8) is 0 Å². The number of hydrogen-bond acceptors (Lipinski definition) is 6. The lowest BCUT2D eigenvalue weighted by atomic mass is 10.1. The summed E-state index contributed by atoms with van der Waals surface area (Å²) in [6.45, 7) is 2.58. The summed E-state index contributed by atoms with van der Waals surface area (Å²) in [6.07, 6.45) is 8.56. The SMILES string of the molecule is CN(Cc1cccc2cnccc12)Cc1cnc(S(C)(=O)=O)n1C[C@@H]1CCCO1. The van der Waals surface area contributed by atoms with E-state index in [0.29, 0.717) is 13.1 Å². The highest BCUT2D eigenvalue weighted by molar-refractivity contribution is 7.90. The van der Waals surface area contributed by atoms with Gasteiger partial charge in [0.25, 0.3) is 0 Å². The Bertz CT molecular complexity index is 1100. The van der Waals surface area contributed by atoms with E-state index in [1.54, 1.807) is 12.4 Å². The predicted molar refractivity (Wildman–Crippen MR) is 111 cm³/mol. The maximum absolute atomic E-state index is 12.2. The Labute approximate surface area is 171 Å². The fraction of sp³-hybridized carbons (Fsp3) is 0.429. The highest BCUT2D eigenvalue weighted by Crippen LogP contribution is 2.22. The van der Waals surface area contributed by atoms with E-state index in [2.05, 4.69) is 27.0 Å². The lowest BCUT2D eigenvalue weighted by molar-refractivity contribution is 0.0934. The molecule has 7 nitrogen and oxygen atoms in total. The standard InChI is InChI=1S/C21H26N4O3S/c1-24(13-17-6-3-5-16-11-22-9-8-20(16)17)14-18-12-23-21(29(2,26)27)25(18)15-19-7-4-10-28-19/h3,5-6,8-9,11-12,19H,4,7,10,13-15H2,1-2H3/t19-/m0/s1. The van der Waals surface area contributed by atoms with E-state index in [1.165, 1.54) is 17.2 Å². The van der Waals surface area contributed by atoms with Crippen molar-refractivity contribution in [2.45, 2.75) is 43.7 Å². The quantitative estimate of drug-likeness (QED) is 0.592. The fourth-order valence-corrected chi connectivity index (χ4v) is 4.79. The van der Waals surface area contributed by atoms with Crippen LogP contribution in [-0.2, 0) is 34.2 Å². The highest BCUT2D eigenvalue weighted by atomic mass is 32.2. The number of benzene rings is 1. The van der Waals surface area contributed by atoms with Gasteiger partial charge in [0.15, 0.2) is 0 Å². The molecule has 29 heavy (non-hydrogen) atoms. The molecule has 0 N–H and O–H groups in total. The van der Waals surface area contributed by atoms with Crippen LogP contribution in [0.3, 0.4) is 0 Å². The van der Waals surface area contributed by atoms with E-state index in [0.717, 1.165) is 37.1 Å². The van der Waals surface area contributed by atoms with Gasteiger partial charge in [-0.2, -0.15) is 0 Å². The normalized spacial score (nSPS) is 17.4. The Kier molecular flexibility index (Phi) is 5.67. The molecule has 1 fully saturated rings. The summed E-state index contributed by atoms with van der Waals surface area (Å²) in [5.74, 6) is 0. The van der Waals surface area contributed by atoms with Gasteiger partial charge >= 0.3 is 0 Å². The van der Waals surface area contributed by atoms with Crippen molar-refractivity contribution in [1.82, 2.24) is 19.4 Å². The van der Waals surface area contributed by atoms with Gasteiger partial charge < -0.3 is 9.30 Å². The highest BCUT2D eigenvalue weighted by Gasteiger charge is 2.24.